The lowest BCUT2D eigenvalue weighted by Gasteiger charge is -1.94. The van der Waals surface area contributed by atoms with Crippen LogP contribution in [0.3, 0.4) is 0 Å². The molecule has 0 aromatic carbocycles. The molecule has 1 unspecified atom stereocenters. The van der Waals surface area contributed by atoms with Gasteiger partial charge in [-0.1, -0.05) is 6.92 Å². The Bertz CT molecular complexity index is 153. The third-order valence-corrected chi connectivity index (χ3v) is 0.934. The Morgan fingerprint density at radius 3 is 1.69 bits per heavy atom. The van der Waals surface area contributed by atoms with Gasteiger partial charge in [-0.05, 0) is 13.3 Å². The van der Waals surface area contributed by atoms with Crippen LogP contribution in [0.4, 0.5) is 0 Å². The Hall–Kier alpha value is -1.10. The average molecular weight is 192 g/mol. The number of hydrogen-bond donors (Lipinski definition) is 3. The zero-order valence-electron chi connectivity index (χ0n) is 7.86. The van der Waals surface area contributed by atoms with E-state index in [1.165, 1.54) is 6.92 Å². The summed E-state index contributed by atoms with van der Waals surface area (Å²) >= 11 is 0. The Labute approximate surface area is 77.0 Å². The molecule has 5 heteroatoms. The second kappa shape index (κ2) is 8.99. The monoisotopic (exact) mass is 192 g/mol. The van der Waals surface area contributed by atoms with Crippen LogP contribution in [0.25, 0.3) is 0 Å². The molecule has 0 fully saturated rings. The van der Waals surface area contributed by atoms with Gasteiger partial charge in [-0.15, -0.1) is 0 Å². The number of aliphatic hydroxyl groups is 1. The molecule has 0 bridgehead atoms. The van der Waals surface area contributed by atoms with Gasteiger partial charge in [0.1, 0.15) is 0 Å². The summed E-state index contributed by atoms with van der Waals surface area (Å²) in [6.45, 7) is 3.28. The van der Waals surface area contributed by atoms with Gasteiger partial charge in [-0.2, -0.15) is 0 Å². The van der Waals surface area contributed by atoms with Crippen molar-refractivity contribution in [3.63, 3.8) is 0 Å². The fourth-order valence-electron chi connectivity index (χ4n) is 0.467. The standard InChI is InChI=1S/C4H8O3.C4H8O2/c1-3(5)2-4(6)7;1-2-3-4(5)6/h3,5H,2H2,1H3,(H,6,7);2-3H2,1H3,(H,5,6). The van der Waals surface area contributed by atoms with E-state index >= 15 is 0 Å². The summed E-state index contributed by atoms with van der Waals surface area (Å²) in [7, 11) is 0. The first kappa shape index (κ1) is 14.4. The molecule has 0 spiro atoms. The molecule has 0 saturated carbocycles. The molecular weight excluding hydrogens is 176 g/mol. The molecule has 13 heavy (non-hydrogen) atoms. The highest BCUT2D eigenvalue weighted by molar-refractivity contribution is 5.67. The van der Waals surface area contributed by atoms with E-state index in [0.717, 1.165) is 6.42 Å². The second-order valence-corrected chi connectivity index (χ2v) is 2.59. The van der Waals surface area contributed by atoms with Crippen LogP contribution in [-0.4, -0.2) is 33.4 Å². The summed E-state index contributed by atoms with van der Waals surface area (Å²) in [4.78, 5) is 19.2. The molecule has 0 amide bonds. The second-order valence-electron chi connectivity index (χ2n) is 2.59. The van der Waals surface area contributed by atoms with Crippen molar-refractivity contribution >= 4 is 11.9 Å². The van der Waals surface area contributed by atoms with Gasteiger partial charge < -0.3 is 15.3 Å². The van der Waals surface area contributed by atoms with Crippen molar-refractivity contribution < 1.29 is 24.9 Å². The summed E-state index contributed by atoms with van der Waals surface area (Å²) in [5.74, 6) is -1.67. The van der Waals surface area contributed by atoms with E-state index in [2.05, 4.69) is 0 Å². The van der Waals surface area contributed by atoms with Crippen LogP contribution in [0.1, 0.15) is 33.1 Å². The predicted molar refractivity (Wildman–Crippen MR) is 46.5 cm³/mol. The van der Waals surface area contributed by atoms with Crippen molar-refractivity contribution in [1.82, 2.24) is 0 Å². The highest BCUT2D eigenvalue weighted by atomic mass is 16.4. The molecule has 0 radical (unpaired) electrons. The zero-order valence-corrected chi connectivity index (χ0v) is 7.86. The molecule has 0 aliphatic rings. The van der Waals surface area contributed by atoms with Crippen LogP contribution < -0.4 is 0 Å². The first-order valence-corrected chi connectivity index (χ1v) is 4.01. The number of hydrogen-bond acceptors (Lipinski definition) is 3. The summed E-state index contributed by atoms with van der Waals surface area (Å²) in [5, 5.41) is 24.2. The van der Waals surface area contributed by atoms with Crippen LogP contribution in [0.15, 0.2) is 0 Å². The minimum Gasteiger partial charge on any atom is -0.481 e. The molecule has 0 aromatic rings. The molecule has 0 aliphatic carbocycles. The largest absolute Gasteiger partial charge is 0.481 e. The van der Waals surface area contributed by atoms with E-state index in [4.69, 9.17) is 15.3 Å². The summed E-state index contributed by atoms with van der Waals surface area (Å²) in [6, 6.07) is 0. The van der Waals surface area contributed by atoms with Gasteiger partial charge in [0.05, 0.1) is 12.5 Å². The summed E-state index contributed by atoms with van der Waals surface area (Å²) in [6.07, 6.45) is 0.132. The van der Waals surface area contributed by atoms with Gasteiger partial charge in [-0.25, -0.2) is 0 Å². The third kappa shape index (κ3) is 24.8. The molecule has 78 valence electrons. The molecule has 1 atom stereocenters. The lowest BCUT2D eigenvalue weighted by molar-refractivity contribution is -0.139. The number of carboxylic acids is 2. The molecule has 3 N–H and O–H groups in total. The maximum absolute atomic E-state index is 9.65. The molecule has 0 aromatic heterocycles. The van der Waals surface area contributed by atoms with Crippen molar-refractivity contribution in [2.24, 2.45) is 0 Å². The predicted octanol–water partition coefficient (Wildman–Crippen LogP) is 0.713. The SMILES string of the molecule is CC(O)CC(=O)O.CCCC(=O)O. The van der Waals surface area contributed by atoms with Gasteiger partial charge in [0.15, 0.2) is 0 Å². The maximum Gasteiger partial charge on any atom is 0.305 e. The van der Waals surface area contributed by atoms with E-state index in [1.807, 2.05) is 6.92 Å². The number of carbonyl (C=O) groups is 2. The number of rotatable bonds is 4. The van der Waals surface area contributed by atoms with Gasteiger partial charge in [-0.3, -0.25) is 9.59 Å². The molecule has 0 saturated heterocycles. The third-order valence-electron chi connectivity index (χ3n) is 0.934. The smallest absolute Gasteiger partial charge is 0.305 e. The highest BCUT2D eigenvalue weighted by Crippen LogP contribution is 1.85. The van der Waals surface area contributed by atoms with Crippen LogP contribution >= 0.6 is 0 Å². The van der Waals surface area contributed by atoms with Crippen molar-refractivity contribution in [3.05, 3.63) is 0 Å². The van der Waals surface area contributed by atoms with Crippen LogP contribution in [-0.2, 0) is 9.59 Å². The molecule has 0 heterocycles. The molecule has 0 aliphatic heterocycles. The minimum absolute atomic E-state index is 0.167. The van der Waals surface area contributed by atoms with Gasteiger partial charge >= 0.3 is 11.9 Å². The minimum atomic E-state index is -0.963. The Morgan fingerprint density at radius 1 is 1.23 bits per heavy atom. The van der Waals surface area contributed by atoms with Crippen molar-refractivity contribution in [3.8, 4) is 0 Å². The first-order chi connectivity index (χ1) is 5.90. The Kier molecular flexibility index (Phi) is 9.98. The zero-order chi connectivity index (χ0) is 10.9. The van der Waals surface area contributed by atoms with Gasteiger partial charge in [0.25, 0.3) is 0 Å². The quantitative estimate of drug-likeness (QED) is 0.609. The number of carboxylic acid groups (broad SMARTS) is 2. The summed E-state index contributed by atoms with van der Waals surface area (Å²) in [5.41, 5.74) is 0. The average Bonchev–Trinajstić information content (AvgIpc) is 1.83. The lowest BCUT2D eigenvalue weighted by Crippen LogP contribution is -2.07. The van der Waals surface area contributed by atoms with Gasteiger partial charge in [0, 0.05) is 6.42 Å². The number of aliphatic hydroxyl groups excluding tert-OH is 1. The van der Waals surface area contributed by atoms with Crippen LogP contribution in [0.5, 0.6) is 0 Å². The van der Waals surface area contributed by atoms with Crippen molar-refractivity contribution in [2.75, 3.05) is 0 Å². The molecular formula is C8H16O5. The van der Waals surface area contributed by atoms with Crippen LogP contribution in [0, 0.1) is 0 Å². The lowest BCUT2D eigenvalue weighted by atomic mass is 10.3. The van der Waals surface area contributed by atoms with E-state index in [-0.39, 0.29) is 6.42 Å². The Balaban J connectivity index is 0. The van der Waals surface area contributed by atoms with Crippen LogP contribution in [0.2, 0.25) is 0 Å². The topological polar surface area (TPSA) is 94.8 Å². The number of aliphatic carboxylic acids is 2. The van der Waals surface area contributed by atoms with E-state index in [1.54, 1.807) is 0 Å². The highest BCUT2D eigenvalue weighted by Gasteiger charge is 2.00. The molecule has 0 rings (SSSR count). The van der Waals surface area contributed by atoms with Gasteiger partial charge in [0.2, 0.25) is 0 Å². The fourth-order valence-corrected chi connectivity index (χ4v) is 0.467. The van der Waals surface area contributed by atoms with Crippen molar-refractivity contribution in [2.45, 2.75) is 39.2 Å². The fraction of sp³-hybridized carbons (Fsp3) is 0.750. The summed E-state index contributed by atoms with van der Waals surface area (Å²) < 4.78 is 0. The Morgan fingerprint density at radius 2 is 1.69 bits per heavy atom. The normalized spacial score (nSPS) is 11.0. The van der Waals surface area contributed by atoms with Crippen molar-refractivity contribution in [1.29, 1.82) is 0 Å². The molecule has 5 nitrogen and oxygen atoms in total. The maximum atomic E-state index is 9.65. The van der Waals surface area contributed by atoms with E-state index in [9.17, 15) is 9.59 Å². The van der Waals surface area contributed by atoms with E-state index < -0.39 is 18.0 Å². The first-order valence-electron chi connectivity index (χ1n) is 4.01. The van der Waals surface area contributed by atoms with E-state index in [0.29, 0.717) is 6.42 Å².